The number of aromatic nitrogens is 1. The van der Waals surface area contributed by atoms with Gasteiger partial charge >= 0.3 is 12.7 Å². The molecule has 0 aliphatic carbocycles. The lowest BCUT2D eigenvalue weighted by atomic mass is 10.0. The topological polar surface area (TPSA) is 51.6 Å². The number of nitrogens with zero attached hydrogens (tertiary/aromatic N) is 1. The molecule has 0 atom stereocenters. The average Bonchev–Trinajstić information content (AvgIpc) is 2.65. The highest BCUT2D eigenvalue weighted by Gasteiger charge is 2.32. The largest absolute Gasteiger partial charge is 0.573 e. The van der Waals surface area contributed by atoms with Crippen LogP contribution in [0.2, 0.25) is 0 Å². The van der Waals surface area contributed by atoms with Crippen molar-refractivity contribution >= 4 is 0 Å². The van der Waals surface area contributed by atoms with E-state index < -0.39 is 30.8 Å². The van der Waals surface area contributed by atoms with Crippen molar-refractivity contribution in [2.24, 2.45) is 0 Å². The van der Waals surface area contributed by atoms with Crippen LogP contribution in [0.15, 0.2) is 60.7 Å². The van der Waals surface area contributed by atoms with Gasteiger partial charge in [0.05, 0.1) is 18.0 Å². The van der Waals surface area contributed by atoms with Crippen LogP contribution in [0, 0.1) is 0 Å². The fourth-order valence-corrected chi connectivity index (χ4v) is 2.76. The molecule has 1 aromatic heterocycles. The van der Waals surface area contributed by atoms with E-state index in [9.17, 15) is 31.4 Å². The molecule has 0 fully saturated rings. The van der Waals surface area contributed by atoms with Gasteiger partial charge < -0.3 is 14.6 Å². The molecule has 158 valence electrons. The first-order valence-electron chi connectivity index (χ1n) is 8.37. The van der Waals surface area contributed by atoms with Crippen LogP contribution in [-0.4, -0.2) is 22.8 Å². The van der Waals surface area contributed by atoms with Gasteiger partial charge in [0.2, 0.25) is 0 Å². The van der Waals surface area contributed by atoms with Crippen LogP contribution < -0.4 is 9.47 Å². The maximum Gasteiger partial charge on any atom is 0.573 e. The number of hydrogen-bond donors (Lipinski definition) is 1. The Morgan fingerprint density at radius 2 is 1.27 bits per heavy atom. The number of aliphatic hydroxyl groups excluding tert-OH is 1. The zero-order valence-electron chi connectivity index (χ0n) is 15.0. The van der Waals surface area contributed by atoms with E-state index in [0.29, 0.717) is 16.7 Å². The van der Waals surface area contributed by atoms with E-state index in [1.165, 1.54) is 36.4 Å². The zero-order chi connectivity index (χ0) is 21.9. The fraction of sp³-hybridized carbons (Fsp3) is 0.150. The minimum atomic E-state index is -4.86. The van der Waals surface area contributed by atoms with E-state index in [4.69, 9.17) is 0 Å². The van der Waals surface area contributed by atoms with Crippen LogP contribution in [0.5, 0.6) is 11.5 Å². The summed E-state index contributed by atoms with van der Waals surface area (Å²) in [6.45, 7) is -0.549. The second kappa shape index (κ2) is 8.23. The Kier molecular flexibility index (Phi) is 5.88. The molecule has 3 aromatic rings. The highest BCUT2D eigenvalue weighted by molar-refractivity contribution is 5.71. The molecule has 0 aliphatic heterocycles. The molecule has 2 aromatic carbocycles. The van der Waals surface area contributed by atoms with E-state index in [2.05, 4.69) is 14.5 Å². The highest BCUT2D eigenvalue weighted by atomic mass is 19.4. The molecule has 3 rings (SSSR count). The van der Waals surface area contributed by atoms with Gasteiger partial charge in [-0.15, -0.1) is 26.3 Å². The lowest BCUT2D eigenvalue weighted by molar-refractivity contribution is -0.275. The standard InChI is InChI=1S/C20H13F6NO3/c21-19(22,23)29-14-5-1-3-12(9-14)16-7-8-17(27-18(16)11-28)13-4-2-6-15(10-13)30-20(24,25)26/h1-10,28H,11H2. The summed E-state index contributed by atoms with van der Waals surface area (Å²) in [4.78, 5) is 4.23. The molecule has 0 aliphatic rings. The molecule has 0 saturated carbocycles. The van der Waals surface area contributed by atoms with Gasteiger partial charge in [0.1, 0.15) is 11.5 Å². The van der Waals surface area contributed by atoms with Crippen molar-refractivity contribution in [3.63, 3.8) is 0 Å². The predicted molar refractivity (Wildman–Crippen MR) is 94.4 cm³/mol. The van der Waals surface area contributed by atoms with E-state index >= 15 is 0 Å². The first-order chi connectivity index (χ1) is 14.0. The van der Waals surface area contributed by atoms with Crippen molar-refractivity contribution in [1.82, 2.24) is 4.98 Å². The minimum Gasteiger partial charge on any atom is -0.406 e. The van der Waals surface area contributed by atoms with Crippen LogP contribution >= 0.6 is 0 Å². The lowest BCUT2D eigenvalue weighted by Crippen LogP contribution is -2.17. The SMILES string of the molecule is OCc1nc(-c2cccc(OC(F)(F)F)c2)ccc1-c1cccc(OC(F)(F)F)c1. The number of hydrogen-bond acceptors (Lipinski definition) is 4. The first kappa shape index (κ1) is 21.4. The third kappa shape index (κ3) is 5.63. The van der Waals surface area contributed by atoms with Crippen molar-refractivity contribution in [2.45, 2.75) is 19.3 Å². The van der Waals surface area contributed by atoms with Crippen molar-refractivity contribution in [1.29, 1.82) is 0 Å². The Bertz CT molecular complexity index is 1030. The van der Waals surface area contributed by atoms with Gasteiger partial charge in [0.25, 0.3) is 0 Å². The molecule has 1 N–H and O–H groups in total. The summed E-state index contributed by atoms with van der Waals surface area (Å²) in [5, 5.41) is 9.67. The molecule has 0 spiro atoms. The Morgan fingerprint density at radius 3 is 1.80 bits per heavy atom. The van der Waals surface area contributed by atoms with Crippen LogP contribution in [0.4, 0.5) is 26.3 Å². The van der Waals surface area contributed by atoms with Crippen molar-refractivity contribution in [2.75, 3.05) is 0 Å². The monoisotopic (exact) mass is 429 g/mol. The predicted octanol–water partition coefficient (Wildman–Crippen LogP) is 5.71. The second-order valence-corrected chi connectivity index (χ2v) is 6.00. The summed E-state index contributed by atoms with van der Waals surface area (Å²) in [5.41, 5.74) is 1.33. The smallest absolute Gasteiger partial charge is 0.406 e. The quantitative estimate of drug-likeness (QED) is 0.529. The van der Waals surface area contributed by atoms with Gasteiger partial charge in [-0.2, -0.15) is 0 Å². The highest BCUT2D eigenvalue weighted by Crippen LogP contribution is 2.32. The van der Waals surface area contributed by atoms with Gasteiger partial charge in [0.15, 0.2) is 0 Å². The van der Waals surface area contributed by atoms with E-state index in [-0.39, 0.29) is 11.4 Å². The van der Waals surface area contributed by atoms with Crippen molar-refractivity contribution in [3.8, 4) is 33.9 Å². The molecule has 4 nitrogen and oxygen atoms in total. The van der Waals surface area contributed by atoms with E-state index in [1.807, 2.05) is 0 Å². The third-order valence-electron chi connectivity index (χ3n) is 3.87. The summed E-state index contributed by atoms with van der Waals surface area (Å²) in [5.74, 6) is -0.876. The van der Waals surface area contributed by atoms with E-state index in [0.717, 1.165) is 24.3 Å². The summed E-state index contributed by atoms with van der Waals surface area (Å²) in [6.07, 6.45) is -9.71. The van der Waals surface area contributed by atoms with Crippen LogP contribution in [-0.2, 0) is 6.61 Å². The molecule has 1 heterocycles. The van der Waals surface area contributed by atoms with Gasteiger partial charge in [0, 0.05) is 11.1 Å². The molecule has 0 bridgehead atoms. The maximum absolute atomic E-state index is 12.4. The molecular weight excluding hydrogens is 416 g/mol. The van der Waals surface area contributed by atoms with Crippen molar-refractivity contribution < 1.29 is 40.9 Å². The summed E-state index contributed by atoms with van der Waals surface area (Å²) in [7, 11) is 0. The molecule has 0 amide bonds. The second-order valence-electron chi connectivity index (χ2n) is 6.00. The van der Waals surface area contributed by atoms with E-state index in [1.54, 1.807) is 0 Å². The summed E-state index contributed by atoms with van der Waals surface area (Å²) >= 11 is 0. The lowest BCUT2D eigenvalue weighted by Gasteiger charge is -2.13. The zero-order valence-corrected chi connectivity index (χ0v) is 15.0. The summed E-state index contributed by atoms with van der Waals surface area (Å²) in [6, 6.07) is 13.2. The van der Waals surface area contributed by atoms with Crippen molar-refractivity contribution in [3.05, 3.63) is 66.4 Å². The summed E-state index contributed by atoms with van der Waals surface area (Å²) < 4.78 is 82.4. The Morgan fingerprint density at radius 1 is 0.733 bits per heavy atom. The number of aliphatic hydroxyl groups is 1. The first-order valence-corrected chi connectivity index (χ1v) is 8.37. The Balaban J connectivity index is 1.95. The molecule has 30 heavy (non-hydrogen) atoms. The Labute approximate surface area is 166 Å². The van der Waals surface area contributed by atoms with Gasteiger partial charge in [-0.25, -0.2) is 4.98 Å². The number of pyridine rings is 1. The maximum atomic E-state index is 12.4. The minimum absolute atomic E-state index is 0.124. The molecule has 0 saturated heterocycles. The molecule has 10 heteroatoms. The number of halogens is 6. The molecule has 0 unspecified atom stereocenters. The number of benzene rings is 2. The number of alkyl halides is 6. The molecular formula is C20H13F6NO3. The molecule has 0 radical (unpaired) electrons. The van der Waals surface area contributed by atoms with Crippen LogP contribution in [0.1, 0.15) is 5.69 Å². The normalized spacial score (nSPS) is 12.0. The number of ether oxygens (including phenoxy) is 2. The third-order valence-corrected chi connectivity index (χ3v) is 3.87. The van der Waals surface area contributed by atoms with Crippen LogP contribution in [0.25, 0.3) is 22.4 Å². The van der Waals surface area contributed by atoms with Crippen LogP contribution in [0.3, 0.4) is 0 Å². The fourth-order valence-electron chi connectivity index (χ4n) is 2.76. The Hall–Kier alpha value is -3.27. The van der Waals surface area contributed by atoms with Gasteiger partial charge in [-0.3, -0.25) is 0 Å². The van der Waals surface area contributed by atoms with Gasteiger partial charge in [-0.1, -0.05) is 30.3 Å². The average molecular weight is 429 g/mol. The van der Waals surface area contributed by atoms with Gasteiger partial charge in [-0.05, 0) is 35.9 Å². The number of rotatable bonds is 5.